The Labute approximate surface area is 187 Å². The first-order valence-electron chi connectivity index (χ1n) is 9.74. The molecule has 0 bridgehead atoms. The maximum atomic E-state index is 12.1. The van der Waals surface area contributed by atoms with E-state index in [0.717, 1.165) is 39.5 Å². The third-order valence-electron chi connectivity index (χ3n) is 4.73. The molecule has 0 aliphatic carbocycles. The van der Waals surface area contributed by atoms with E-state index < -0.39 is 23.7 Å². The van der Waals surface area contributed by atoms with E-state index in [9.17, 15) is 14.4 Å². The van der Waals surface area contributed by atoms with Crippen molar-refractivity contribution in [3.05, 3.63) is 60.2 Å². The van der Waals surface area contributed by atoms with E-state index in [1.165, 1.54) is 0 Å². The number of aromatic amines is 1. The normalized spacial score (nSPS) is 17.2. The minimum atomic E-state index is -1.15. The maximum Gasteiger partial charge on any atom is 0.322 e. The Balaban J connectivity index is 1.51. The molecule has 1 aliphatic rings. The van der Waals surface area contributed by atoms with Crippen LogP contribution < -0.4 is 10.6 Å². The number of thioether (sulfide) groups is 1. The molecule has 3 aromatic rings. The predicted molar refractivity (Wildman–Crippen MR) is 124 cm³/mol. The number of aliphatic carboxylic acids is 1. The van der Waals surface area contributed by atoms with Crippen LogP contribution in [0.1, 0.15) is 12.0 Å². The number of carbonyl (C=O) groups excluding carboxylic acids is 2. The summed E-state index contributed by atoms with van der Waals surface area (Å²) in [5.41, 5.74) is 3.76. The molecule has 9 nitrogen and oxygen atoms in total. The second-order valence-electron chi connectivity index (χ2n) is 6.95. The van der Waals surface area contributed by atoms with Crippen molar-refractivity contribution in [3.63, 3.8) is 0 Å². The smallest absolute Gasteiger partial charge is 0.322 e. The van der Waals surface area contributed by atoms with Gasteiger partial charge in [-0.1, -0.05) is 60.3 Å². The van der Waals surface area contributed by atoms with Crippen LogP contribution in [0.15, 0.2) is 64.8 Å². The summed E-state index contributed by atoms with van der Waals surface area (Å²) < 4.78 is 0. The molecule has 32 heavy (non-hydrogen) atoms. The fourth-order valence-electron chi connectivity index (χ4n) is 3.27. The number of carboxylic acid groups (broad SMARTS) is 1. The maximum absolute atomic E-state index is 12.1. The molecule has 1 aromatic heterocycles. The van der Waals surface area contributed by atoms with Crippen LogP contribution >= 0.6 is 11.8 Å². The number of nitrogens with one attached hydrogen (secondary N) is 3. The zero-order valence-corrected chi connectivity index (χ0v) is 17.6. The van der Waals surface area contributed by atoms with Crippen LogP contribution in [0.2, 0.25) is 0 Å². The number of amides is 2. The lowest BCUT2D eigenvalue weighted by Crippen LogP contribution is -2.33. The van der Waals surface area contributed by atoms with Gasteiger partial charge < -0.3 is 20.7 Å². The Bertz CT molecular complexity index is 1240. The molecular formula is C22H19N5O4S. The monoisotopic (exact) mass is 449 g/mol. The summed E-state index contributed by atoms with van der Waals surface area (Å²) in [5.74, 6) is -2.03. The molecule has 1 atom stereocenters. The Morgan fingerprint density at radius 1 is 1.12 bits per heavy atom. The summed E-state index contributed by atoms with van der Waals surface area (Å²) in [4.78, 5) is 37.8. The van der Waals surface area contributed by atoms with Crippen LogP contribution in [0, 0.1) is 0 Å². The van der Waals surface area contributed by atoms with Crippen molar-refractivity contribution in [1.82, 2.24) is 15.6 Å². The van der Waals surface area contributed by atoms with E-state index in [1.54, 1.807) is 6.21 Å². The minimum absolute atomic E-state index is 0.146. The first-order valence-corrected chi connectivity index (χ1v) is 10.6. The van der Waals surface area contributed by atoms with E-state index >= 15 is 0 Å². The van der Waals surface area contributed by atoms with Crippen molar-refractivity contribution >= 4 is 51.8 Å². The number of hydrogen-bond acceptors (Lipinski definition) is 6. The van der Waals surface area contributed by atoms with Crippen LogP contribution in [0.5, 0.6) is 0 Å². The van der Waals surface area contributed by atoms with Crippen LogP contribution in [0.4, 0.5) is 0 Å². The number of para-hydroxylation sites is 1. The lowest BCUT2D eigenvalue weighted by molar-refractivity contribution is -0.137. The molecule has 2 aromatic carbocycles. The van der Waals surface area contributed by atoms with Gasteiger partial charge in [0, 0.05) is 22.9 Å². The number of nitrogens with zero attached hydrogens (tertiary/aromatic N) is 2. The molecule has 2 heterocycles. The molecule has 2 amide bonds. The van der Waals surface area contributed by atoms with Gasteiger partial charge in [0.1, 0.15) is 11.8 Å². The summed E-state index contributed by atoms with van der Waals surface area (Å²) in [6, 6.07) is 17.7. The quantitative estimate of drug-likeness (QED) is 0.324. The van der Waals surface area contributed by atoms with Crippen molar-refractivity contribution in [2.45, 2.75) is 11.7 Å². The second-order valence-corrected chi connectivity index (χ2v) is 8.14. The first-order chi connectivity index (χ1) is 15.5. The van der Waals surface area contributed by atoms with Crippen molar-refractivity contribution < 1.29 is 19.5 Å². The van der Waals surface area contributed by atoms with E-state index in [2.05, 4.69) is 25.8 Å². The van der Waals surface area contributed by atoms with Crippen molar-refractivity contribution in [1.29, 1.82) is 0 Å². The third kappa shape index (κ3) is 4.86. The van der Waals surface area contributed by atoms with Gasteiger partial charge in [0.2, 0.25) is 11.8 Å². The van der Waals surface area contributed by atoms with Gasteiger partial charge in [-0.25, -0.2) is 0 Å². The number of aromatic nitrogens is 1. The molecular weight excluding hydrogens is 430 g/mol. The van der Waals surface area contributed by atoms with Gasteiger partial charge in [-0.05, 0) is 11.6 Å². The summed E-state index contributed by atoms with van der Waals surface area (Å²) in [5, 5.41) is 22.3. The Morgan fingerprint density at radius 3 is 2.66 bits per heavy atom. The van der Waals surface area contributed by atoms with E-state index in [4.69, 9.17) is 5.11 Å². The molecule has 0 spiro atoms. The fraction of sp³-hybridized carbons (Fsp3) is 0.136. The largest absolute Gasteiger partial charge is 0.480 e. The highest BCUT2D eigenvalue weighted by atomic mass is 32.2. The number of benzene rings is 2. The Kier molecular flexibility index (Phi) is 6.31. The van der Waals surface area contributed by atoms with Crippen molar-refractivity contribution in [2.24, 2.45) is 10.2 Å². The molecule has 4 rings (SSSR count). The standard InChI is InChI=1S/C22H19N5O4S/c28-18(23-12-19(29)30)10-17-21(31)26-22(32-17)27-24-11-15-14-8-4-5-9-16(14)25-20(15)13-6-2-1-3-7-13/h1-9,11,17,25H,10,12H2,(H,23,28)(H,29,30)(H,26,27,31)/b24-11-. The van der Waals surface area contributed by atoms with Crippen molar-refractivity contribution in [3.8, 4) is 11.3 Å². The number of carboxylic acids is 1. The molecule has 162 valence electrons. The van der Waals surface area contributed by atoms with Crippen LogP contribution in [0.3, 0.4) is 0 Å². The number of fused-ring (bicyclic) bond motifs is 1. The minimum Gasteiger partial charge on any atom is -0.480 e. The zero-order chi connectivity index (χ0) is 22.5. The van der Waals surface area contributed by atoms with Gasteiger partial charge in [-0.3, -0.25) is 14.4 Å². The van der Waals surface area contributed by atoms with Gasteiger partial charge in [0.15, 0.2) is 5.17 Å². The number of carbonyl (C=O) groups is 3. The average Bonchev–Trinajstić information content (AvgIpc) is 3.33. The average molecular weight is 449 g/mol. The SMILES string of the molecule is O=C(O)CNC(=O)CC1S/C(=N\N=C/c2c(-c3ccccc3)[nH]c3ccccc23)NC1=O. The molecule has 0 saturated carbocycles. The second kappa shape index (κ2) is 9.48. The fourth-order valence-corrected chi connectivity index (χ4v) is 4.19. The summed E-state index contributed by atoms with van der Waals surface area (Å²) >= 11 is 1.08. The van der Waals surface area contributed by atoms with Gasteiger partial charge >= 0.3 is 5.97 Å². The zero-order valence-electron chi connectivity index (χ0n) is 16.7. The molecule has 1 unspecified atom stereocenters. The highest BCUT2D eigenvalue weighted by Crippen LogP contribution is 2.29. The summed E-state index contributed by atoms with van der Waals surface area (Å²) in [6.07, 6.45) is 1.49. The molecule has 1 fully saturated rings. The number of hydrogen-bond donors (Lipinski definition) is 4. The Morgan fingerprint density at radius 2 is 1.88 bits per heavy atom. The van der Waals surface area contributed by atoms with Crippen LogP contribution in [0.25, 0.3) is 22.2 Å². The summed E-state index contributed by atoms with van der Waals surface area (Å²) in [6.45, 7) is -0.489. The number of H-pyrrole nitrogens is 1. The lowest BCUT2D eigenvalue weighted by Gasteiger charge is -2.04. The summed E-state index contributed by atoms with van der Waals surface area (Å²) in [7, 11) is 0. The lowest BCUT2D eigenvalue weighted by atomic mass is 10.1. The van der Waals surface area contributed by atoms with Gasteiger partial charge in [-0.2, -0.15) is 5.10 Å². The van der Waals surface area contributed by atoms with Gasteiger partial charge in [-0.15, -0.1) is 5.10 Å². The van der Waals surface area contributed by atoms with Crippen LogP contribution in [-0.2, 0) is 14.4 Å². The van der Waals surface area contributed by atoms with Crippen molar-refractivity contribution in [2.75, 3.05) is 6.54 Å². The van der Waals surface area contributed by atoms with Gasteiger partial charge in [0.25, 0.3) is 0 Å². The molecule has 1 saturated heterocycles. The number of amidine groups is 1. The van der Waals surface area contributed by atoms with Gasteiger partial charge in [0.05, 0.1) is 11.9 Å². The highest BCUT2D eigenvalue weighted by Gasteiger charge is 2.32. The molecule has 1 aliphatic heterocycles. The van der Waals surface area contributed by atoms with E-state index in [0.29, 0.717) is 0 Å². The molecule has 10 heteroatoms. The van der Waals surface area contributed by atoms with E-state index in [-0.39, 0.29) is 17.5 Å². The molecule has 0 radical (unpaired) electrons. The Hall–Kier alpha value is -3.92. The molecule has 4 N–H and O–H groups in total. The van der Waals surface area contributed by atoms with E-state index in [1.807, 2.05) is 54.6 Å². The van der Waals surface area contributed by atoms with Crippen LogP contribution in [-0.4, -0.2) is 51.1 Å². The predicted octanol–water partition coefficient (Wildman–Crippen LogP) is 2.35. The third-order valence-corrected chi connectivity index (χ3v) is 5.80. The number of rotatable bonds is 7. The topological polar surface area (TPSA) is 136 Å². The highest BCUT2D eigenvalue weighted by molar-refractivity contribution is 8.15. The first kappa shape index (κ1) is 21.3.